The normalized spacial score (nSPS) is 18.3. The van der Waals surface area contributed by atoms with Crippen LogP contribution in [-0.2, 0) is 0 Å². The molecule has 0 bridgehead atoms. The fraction of sp³-hybridized carbons (Fsp3) is 0.400. The zero-order chi connectivity index (χ0) is 15.5. The fourth-order valence-electron chi connectivity index (χ4n) is 2.41. The average molecular weight is 334 g/mol. The Morgan fingerprint density at radius 3 is 2.95 bits per heavy atom. The summed E-state index contributed by atoms with van der Waals surface area (Å²) >= 11 is 3.48. The van der Waals surface area contributed by atoms with Gasteiger partial charge in [-0.05, 0) is 12.1 Å². The van der Waals surface area contributed by atoms with Gasteiger partial charge in [-0.25, -0.2) is 4.98 Å². The van der Waals surface area contributed by atoms with E-state index in [-0.39, 0.29) is 11.9 Å². The van der Waals surface area contributed by atoms with Gasteiger partial charge in [0.15, 0.2) is 0 Å². The van der Waals surface area contributed by atoms with Gasteiger partial charge in [0.2, 0.25) is 0 Å². The van der Waals surface area contributed by atoms with E-state index in [2.05, 4.69) is 9.97 Å². The lowest BCUT2D eigenvalue weighted by atomic mass is 10.2. The Morgan fingerprint density at radius 1 is 1.36 bits per heavy atom. The SMILES string of the molecule is CN(C)c1ccnc(C(=O)N2CCSC[C@@H]2c2nccs2)c1. The van der Waals surface area contributed by atoms with Crippen LogP contribution in [0.5, 0.6) is 0 Å². The molecule has 1 amide bonds. The molecule has 1 aliphatic rings. The van der Waals surface area contributed by atoms with Crippen LogP contribution in [-0.4, -0.2) is 52.9 Å². The van der Waals surface area contributed by atoms with E-state index in [0.29, 0.717) is 5.69 Å². The molecule has 0 saturated carbocycles. The highest BCUT2D eigenvalue weighted by Crippen LogP contribution is 2.31. The first kappa shape index (κ1) is 15.3. The van der Waals surface area contributed by atoms with Gasteiger partial charge in [-0.2, -0.15) is 11.8 Å². The minimum absolute atomic E-state index is 0.01000. The van der Waals surface area contributed by atoms with Crippen molar-refractivity contribution in [3.8, 4) is 0 Å². The van der Waals surface area contributed by atoms with E-state index in [0.717, 1.165) is 28.7 Å². The van der Waals surface area contributed by atoms with Crippen molar-refractivity contribution in [1.29, 1.82) is 0 Å². The predicted octanol–water partition coefficient (Wildman–Crippen LogP) is 2.53. The summed E-state index contributed by atoms with van der Waals surface area (Å²) in [7, 11) is 3.92. The van der Waals surface area contributed by atoms with Crippen LogP contribution in [0.15, 0.2) is 29.9 Å². The predicted molar refractivity (Wildman–Crippen MR) is 91.8 cm³/mol. The number of carbonyl (C=O) groups excluding carboxylic acids is 1. The first-order chi connectivity index (χ1) is 10.7. The van der Waals surface area contributed by atoms with E-state index < -0.39 is 0 Å². The quantitative estimate of drug-likeness (QED) is 0.863. The number of nitrogens with zero attached hydrogens (tertiary/aromatic N) is 4. The standard InChI is InChI=1S/C15H18N4OS2/c1-18(2)11-3-4-16-12(9-11)15(20)19-6-8-21-10-13(19)14-17-5-7-22-14/h3-5,7,9,13H,6,8,10H2,1-2H3/t13-/m1/s1. The van der Waals surface area contributed by atoms with Crippen molar-refractivity contribution >= 4 is 34.7 Å². The third-order valence-corrected chi connectivity index (χ3v) is 5.50. The number of carbonyl (C=O) groups is 1. The Kier molecular flexibility index (Phi) is 4.63. The molecule has 7 heteroatoms. The Bertz CT molecular complexity index is 645. The molecule has 1 saturated heterocycles. The Hall–Kier alpha value is -1.60. The molecular weight excluding hydrogens is 316 g/mol. The monoisotopic (exact) mass is 334 g/mol. The highest BCUT2D eigenvalue weighted by atomic mass is 32.2. The molecule has 3 rings (SSSR count). The Labute approximate surface area is 138 Å². The van der Waals surface area contributed by atoms with Gasteiger partial charge < -0.3 is 9.80 Å². The molecule has 2 aromatic rings. The molecular formula is C15H18N4OS2. The average Bonchev–Trinajstić information content (AvgIpc) is 3.08. The molecule has 0 unspecified atom stereocenters. The molecule has 22 heavy (non-hydrogen) atoms. The smallest absolute Gasteiger partial charge is 0.273 e. The van der Waals surface area contributed by atoms with Crippen LogP contribution in [0.2, 0.25) is 0 Å². The lowest BCUT2D eigenvalue weighted by Gasteiger charge is -2.34. The zero-order valence-electron chi connectivity index (χ0n) is 12.6. The van der Waals surface area contributed by atoms with Crippen LogP contribution in [0.25, 0.3) is 0 Å². The second-order valence-corrected chi connectivity index (χ2v) is 7.33. The van der Waals surface area contributed by atoms with Gasteiger partial charge in [0.1, 0.15) is 10.7 Å². The molecule has 2 aromatic heterocycles. The van der Waals surface area contributed by atoms with Crippen molar-refractivity contribution in [3.63, 3.8) is 0 Å². The molecule has 116 valence electrons. The molecule has 0 aromatic carbocycles. The summed E-state index contributed by atoms with van der Waals surface area (Å²) in [6.07, 6.45) is 3.49. The fourth-order valence-corrected chi connectivity index (χ4v) is 4.32. The summed E-state index contributed by atoms with van der Waals surface area (Å²) in [6.45, 7) is 0.738. The third-order valence-electron chi connectivity index (χ3n) is 3.60. The number of hydrogen-bond acceptors (Lipinski definition) is 6. The number of anilines is 1. The summed E-state index contributed by atoms with van der Waals surface area (Å²) in [5, 5.41) is 2.96. The second kappa shape index (κ2) is 6.66. The van der Waals surface area contributed by atoms with Crippen molar-refractivity contribution in [3.05, 3.63) is 40.6 Å². The van der Waals surface area contributed by atoms with Crippen molar-refractivity contribution in [2.45, 2.75) is 6.04 Å². The van der Waals surface area contributed by atoms with Crippen molar-refractivity contribution in [2.24, 2.45) is 0 Å². The van der Waals surface area contributed by atoms with Crippen LogP contribution >= 0.6 is 23.1 Å². The molecule has 3 heterocycles. The maximum absolute atomic E-state index is 12.9. The third kappa shape index (κ3) is 3.10. The van der Waals surface area contributed by atoms with E-state index in [1.807, 2.05) is 53.2 Å². The molecule has 5 nitrogen and oxygen atoms in total. The van der Waals surface area contributed by atoms with Crippen molar-refractivity contribution < 1.29 is 4.79 Å². The van der Waals surface area contributed by atoms with Gasteiger partial charge in [0.25, 0.3) is 5.91 Å². The van der Waals surface area contributed by atoms with Crippen LogP contribution in [0.4, 0.5) is 5.69 Å². The summed E-state index contributed by atoms with van der Waals surface area (Å²) in [5.74, 6) is 1.84. The van der Waals surface area contributed by atoms with E-state index in [1.165, 1.54) is 0 Å². The zero-order valence-corrected chi connectivity index (χ0v) is 14.2. The lowest BCUT2D eigenvalue weighted by Crippen LogP contribution is -2.41. The lowest BCUT2D eigenvalue weighted by molar-refractivity contribution is 0.0695. The van der Waals surface area contributed by atoms with Gasteiger partial charge in [-0.3, -0.25) is 9.78 Å². The first-order valence-electron chi connectivity index (χ1n) is 7.08. The topological polar surface area (TPSA) is 49.3 Å². The van der Waals surface area contributed by atoms with Crippen LogP contribution in [0, 0.1) is 0 Å². The number of amides is 1. The number of thioether (sulfide) groups is 1. The Morgan fingerprint density at radius 2 is 2.23 bits per heavy atom. The molecule has 1 aliphatic heterocycles. The number of rotatable bonds is 3. The van der Waals surface area contributed by atoms with Gasteiger partial charge in [0, 0.05) is 55.6 Å². The minimum Gasteiger partial charge on any atom is -0.378 e. The van der Waals surface area contributed by atoms with E-state index in [4.69, 9.17) is 0 Å². The first-order valence-corrected chi connectivity index (χ1v) is 9.11. The van der Waals surface area contributed by atoms with E-state index in [9.17, 15) is 4.79 Å². The molecule has 0 radical (unpaired) electrons. The molecule has 0 aliphatic carbocycles. The summed E-state index contributed by atoms with van der Waals surface area (Å²) in [6, 6.07) is 3.81. The Balaban J connectivity index is 1.87. The van der Waals surface area contributed by atoms with Gasteiger partial charge in [-0.15, -0.1) is 11.3 Å². The van der Waals surface area contributed by atoms with Crippen molar-refractivity contribution in [2.75, 3.05) is 37.0 Å². The maximum atomic E-state index is 12.9. The molecule has 1 fully saturated rings. The van der Waals surface area contributed by atoms with Crippen molar-refractivity contribution in [1.82, 2.24) is 14.9 Å². The van der Waals surface area contributed by atoms with E-state index >= 15 is 0 Å². The van der Waals surface area contributed by atoms with Crippen LogP contribution in [0.1, 0.15) is 21.5 Å². The molecule has 1 atom stereocenters. The number of thiazole rings is 1. The van der Waals surface area contributed by atoms with Gasteiger partial charge >= 0.3 is 0 Å². The summed E-state index contributed by atoms with van der Waals surface area (Å²) in [4.78, 5) is 25.4. The highest BCUT2D eigenvalue weighted by Gasteiger charge is 2.31. The number of hydrogen-bond donors (Lipinski definition) is 0. The largest absolute Gasteiger partial charge is 0.378 e. The van der Waals surface area contributed by atoms with Gasteiger partial charge in [0.05, 0.1) is 6.04 Å². The second-order valence-electron chi connectivity index (χ2n) is 5.25. The minimum atomic E-state index is -0.01000. The number of aromatic nitrogens is 2. The van der Waals surface area contributed by atoms with E-state index in [1.54, 1.807) is 23.7 Å². The van der Waals surface area contributed by atoms with Crippen LogP contribution < -0.4 is 4.90 Å². The summed E-state index contributed by atoms with van der Waals surface area (Å²) in [5.41, 5.74) is 1.48. The molecule has 0 N–H and O–H groups in total. The molecule has 0 spiro atoms. The summed E-state index contributed by atoms with van der Waals surface area (Å²) < 4.78 is 0. The van der Waals surface area contributed by atoms with Crippen LogP contribution in [0.3, 0.4) is 0 Å². The highest BCUT2D eigenvalue weighted by molar-refractivity contribution is 7.99. The van der Waals surface area contributed by atoms with Gasteiger partial charge in [-0.1, -0.05) is 0 Å². The maximum Gasteiger partial charge on any atom is 0.273 e. The number of pyridine rings is 1.